The van der Waals surface area contributed by atoms with E-state index in [1.54, 1.807) is 9.58 Å². The van der Waals surface area contributed by atoms with E-state index in [9.17, 15) is 4.79 Å². The van der Waals surface area contributed by atoms with Crippen molar-refractivity contribution in [2.75, 3.05) is 20.1 Å². The van der Waals surface area contributed by atoms with E-state index in [0.29, 0.717) is 5.02 Å². The van der Waals surface area contributed by atoms with Crippen LogP contribution in [-0.4, -0.2) is 51.8 Å². The fraction of sp³-hybridized carbons (Fsp3) is 0.500. The molecule has 0 unspecified atom stereocenters. The van der Waals surface area contributed by atoms with Gasteiger partial charge in [0.1, 0.15) is 5.82 Å². The van der Waals surface area contributed by atoms with Gasteiger partial charge in [0.15, 0.2) is 0 Å². The molecule has 1 aromatic carbocycles. The van der Waals surface area contributed by atoms with Gasteiger partial charge in [0, 0.05) is 19.5 Å². The minimum atomic E-state index is -0.130. The normalized spacial score (nSPS) is 15.3. The highest BCUT2D eigenvalue weighted by atomic mass is 35.5. The molecule has 1 aliphatic heterocycles. The number of hydrogen-bond acceptors (Lipinski definition) is 4. The van der Waals surface area contributed by atoms with Gasteiger partial charge in [-0.15, -0.1) is 5.10 Å². The molecule has 0 saturated carbocycles. The Morgan fingerprint density at radius 1 is 1.36 bits per heavy atom. The van der Waals surface area contributed by atoms with E-state index in [-0.39, 0.29) is 17.8 Å². The molecule has 25 heavy (non-hydrogen) atoms. The van der Waals surface area contributed by atoms with Crippen molar-refractivity contribution in [3.8, 4) is 5.69 Å². The number of hydrogen-bond donors (Lipinski definition) is 1. The molecule has 1 fully saturated rings. The summed E-state index contributed by atoms with van der Waals surface area (Å²) in [4.78, 5) is 19.2. The van der Waals surface area contributed by atoms with Gasteiger partial charge in [-0.25, -0.2) is 9.67 Å². The van der Waals surface area contributed by atoms with Crippen molar-refractivity contribution in [2.45, 2.75) is 38.6 Å². The number of nitrogens with zero attached hydrogens (tertiary/aromatic N) is 4. The molecule has 1 N–H and O–H groups in total. The number of aromatic nitrogens is 3. The molecule has 6 nitrogen and oxygen atoms in total. The van der Waals surface area contributed by atoms with E-state index in [2.05, 4.69) is 22.3 Å². The second kappa shape index (κ2) is 7.97. The predicted molar refractivity (Wildman–Crippen MR) is 98.3 cm³/mol. The minimum Gasteiger partial charge on any atom is -0.336 e. The summed E-state index contributed by atoms with van der Waals surface area (Å²) in [5, 5.41) is 8.40. The van der Waals surface area contributed by atoms with Crippen LogP contribution in [0.1, 0.15) is 42.6 Å². The topological polar surface area (TPSA) is 63.1 Å². The highest BCUT2D eigenvalue weighted by Crippen LogP contribution is 2.21. The smallest absolute Gasteiger partial charge is 0.293 e. The van der Waals surface area contributed by atoms with Crippen LogP contribution in [0, 0.1) is 0 Å². The van der Waals surface area contributed by atoms with Crippen molar-refractivity contribution in [1.29, 1.82) is 0 Å². The lowest BCUT2D eigenvalue weighted by Crippen LogP contribution is -2.44. The second-order valence-electron chi connectivity index (χ2n) is 6.36. The maximum atomic E-state index is 12.9. The van der Waals surface area contributed by atoms with Gasteiger partial charge in [0.05, 0.1) is 10.7 Å². The van der Waals surface area contributed by atoms with Crippen LogP contribution in [0.3, 0.4) is 0 Å². The third-order valence-electron chi connectivity index (χ3n) is 4.60. The van der Waals surface area contributed by atoms with Crippen molar-refractivity contribution in [1.82, 2.24) is 25.0 Å². The van der Waals surface area contributed by atoms with Gasteiger partial charge < -0.3 is 10.2 Å². The molecular formula is C18H24ClN5O. The first-order valence-corrected chi connectivity index (χ1v) is 9.18. The Hall–Kier alpha value is -1.92. The zero-order valence-corrected chi connectivity index (χ0v) is 15.5. The summed E-state index contributed by atoms with van der Waals surface area (Å²) >= 11 is 6.31. The number of piperidine rings is 1. The van der Waals surface area contributed by atoms with Gasteiger partial charge in [-0.2, -0.15) is 0 Å². The first-order valence-electron chi connectivity index (χ1n) is 8.80. The summed E-state index contributed by atoms with van der Waals surface area (Å²) in [5.74, 6) is 0.872. The summed E-state index contributed by atoms with van der Waals surface area (Å²) in [6.07, 6.45) is 3.56. The zero-order valence-electron chi connectivity index (χ0n) is 14.7. The minimum absolute atomic E-state index is 0.130. The summed E-state index contributed by atoms with van der Waals surface area (Å²) in [7, 11) is 1.84. The van der Waals surface area contributed by atoms with Gasteiger partial charge in [0.25, 0.3) is 5.91 Å². The third kappa shape index (κ3) is 3.85. The van der Waals surface area contributed by atoms with Gasteiger partial charge in [0.2, 0.25) is 5.82 Å². The van der Waals surface area contributed by atoms with Gasteiger partial charge in [-0.1, -0.05) is 30.7 Å². The summed E-state index contributed by atoms with van der Waals surface area (Å²) < 4.78 is 1.70. The molecule has 7 heteroatoms. The molecule has 1 aromatic heterocycles. The molecule has 1 aliphatic rings. The van der Waals surface area contributed by atoms with Crippen LogP contribution in [-0.2, 0) is 6.42 Å². The average Bonchev–Trinajstić information content (AvgIpc) is 3.05. The van der Waals surface area contributed by atoms with Crippen molar-refractivity contribution in [3.63, 3.8) is 0 Å². The largest absolute Gasteiger partial charge is 0.336 e. The number of para-hydroxylation sites is 1. The first kappa shape index (κ1) is 17.9. The van der Waals surface area contributed by atoms with Crippen molar-refractivity contribution in [2.24, 2.45) is 0 Å². The van der Waals surface area contributed by atoms with Crippen molar-refractivity contribution < 1.29 is 4.79 Å². The van der Waals surface area contributed by atoms with E-state index in [4.69, 9.17) is 11.6 Å². The number of halogens is 1. The fourth-order valence-corrected chi connectivity index (χ4v) is 3.37. The lowest BCUT2D eigenvalue weighted by molar-refractivity contribution is 0.0691. The number of benzene rings is 1. The molecule has 2 heterocycles. The third-order valence-corrected chi connectivity index (χ3v) is 4.92. The number of carbonyl (C=O) groups excluding carboxylic acids is 1. The lowest BCUT2D eigenvalue weighted by atomic mass is 10.1. The Morgan fingerprint density at radius 3 is 2.76 bits per heavy atom. The van der Waals surface area contributed by atoms with E-state index in [0.717, 1.165) is 50.3 Å². The maximum Gasteiger partial charge on any atom is 0.293 e. The van der Waals surface area contributed by atoms with Crippen molar-refractivity contribution in [3.05, 3.63) is 40.9 Å². The zero-order chi connectivity index (χ0) is 17.8. The summed E-state index contributed by atoms with van der Waals surface area (Å²) in [6.45, 7) is 3.95. The van der Waals surface area contributed by atoms with Crippen molar-refractivity contribution >= 4 is 17.5 Å². The Balaban J connectivity index is 1.90. The van der Waals surface area contributed by atoms with Gasteiger partial charge in [-0.3, -0.25) is 4.79 Å². The molecule has 3 rings (SSSR count). The molecule has 0 aliphatic carbocycles. The van der Waals surface area contributed by atoms with Crippen LogP contribution < -0.4 is 5.32 Å². The Kier molecular flexibility index (Phi) is 5.71. The number of nitrogens with one attached hydrogen (secondary N) is 1. The summed E-state index contributed by atoms with van der Waals surface area (Å²) in [5.41, 5.74) is 0.753. The second-order valence-corrected chi connectivity index (χ2v) is 6.77. The standard InChI is InChI=1S/C18H24ClN5O/c1-3-6-16-21-17(18(25)23(2)13-9-11-20-12-10-13)22-24(16)15-8-5-4-7-14(15)19/h4-5,7-8,13,20H,3,6,9-12H2,1-2H3. The quantitative estimate of drug-likeness (QED) is 0.889. The van der Waals surface area contributed by atoms with E-state index in [1.807, 2.05) is 31.3 Å². The number of rotatable bonds is 5. The molecule has 0 bridgehead atoms. The monoisotopic (exact) mass is 361 g/mol. The molecule has 0 atom stereocenters. The molecule has 1 amide bonds. The Bertz CT molecular complexity index is 739. The van der Waals surface area contributed by atoms with Gasteiger partial charge in [-0.05, 0) is 44.5 Å². The van der Waals surface area contributed by atoms with Crippen LogP contribution in [0.15, 0.2) is 24.3 Å². The fourth-order valence-electron chi connectivity index (χ4n) is 3.15. The average molecular weight is 362 g/mol. The molecule has 0 radical (unpaired) electrons. The van der Waals surface area contributed by atoms with Crippen LogP contribution in [0.25, 0.3) is 5.69 Å². The molecule has 0 spiro atoms. The lowest BCUT2D eigenvalue weighted by Gasteiger charge is -2.30. The van der Waals surface area contributed by atoms with Crippen LogP contribution >= 0.6 is 11.6 Å². The maximum absolute atomic E-state index is 12.9. The highest BCUT2D eigenvalue weighted by molar-refractivity contribution is 6.32. The number of aryl methyl sites for hydroxylation is 1. The predicted octanol–water partition coefficient (Wildman–Crippen LogP) is 2.70. The molecular weight excluding hydrogens is 338 g/mol. The van der Waals surface area contributed by atoms with E-state index < -0.39 is 0 Å². The first-order chi connectivity index (χ1) is 12.1. The Morgan fingerprint density at radius 2 is 2.08 bits per heavy atom. The Labute approximate surface area is 153 Å². The van der Waals surface area contributed by atoms with Crippen LogP contribution in [0.5, 0.6) is 0 Å². The number of carbonyl (C=O) groups is 1. The summed E-state index contributed by atoms with van der Waals surface area (Å²) in [6, 6.07) is 7.72. The highest BCUT2D eigenvalue weighted by Gasteiger charge is 2.26. The van der Waals surface area contributed by atoms with Crippen LogP contribution in [0.4, 0.5) is 0 Å². The molecule has 2 aromatic rings. The van der Waals surface area contributed by atoms with E-state index in [1.165, 1.54) is 0 Å². The molecule has 134 valence electrons. The van der Waals surface area contributed by atoms with Gasteiger partial charge >= 0.3 is 0 Å². The SMILES string of the molecule is CCCc1nc(C(=O)N(C)C2CCNCC2)nn1-c1ccccc1Cl. The van der Waals surface area contributed by atoms with Crippen LogP contribution in [0.2, 0.25) is 5.02 Å². The number of amides is 1. The molecule has 1 saturated heterocycles. The van der Waals surface area contributed by atoms with E-state index >= 15 is 0 Å².